The zero-order valence-corrected chi connectivity index (χ0v) is 12.2. The number of anilines is 1. The molecule has 2 N–H and O–H groups in total. The number of pyridine rings is 1. The summed E-state index contributed by atoms with van der Waals surface area (Å²) in [4.78, 5) is 16.0. The topological polar surface area (TPSA) is 93.4 Å². The van der Waals surface area contributed by atoms with Crippen molar-refractivity contribution in [2.75, 3.05) is 5.73 Å². The van der Waals surface area contributed by atoms with Gasteiger partial charge in [0.05, 0.1) is 12.2 Å². The minimum absolute atomic E-state index is 0.0547. The minimum Gasteiger partial charge on any atom is -0.398 e. The van der Waals surface area contributed by atoms with Crippen molar-refractivity contribution in [1.29, 1.82) is 0 Å². The van der Waals surface area contributed by atoms with Crippen molar-refractivity contribution in [1.82, 2.24) is 9.29 Å². The number of nitrogen functional groups attached to an aromatic ring is 1. The average Bonchev–Trinajstić information content (AvgIpc) is 2.34. The molecule has 104 valence electrons. The van der Waals surface area contributed by atoms with Crippen molar-refractivity contribution in [3.8, 4) is 0 Å². The average molecular weight is 283 g/mol. The van der Waals surface area contributed by atoms with Gasteiger partial charge in [-0.15, -0.1) is 0 Å². The van der Waals surface area contributed by atoms with Crippen LogP contribution in [0.5, 0.6) is 0 Å². The number of nitrogens with two attached hydrogens (primary N) is 1. The maximum atomic E-state index is 12.0. The van der Waals surface area contributed by atoms with Crippen molar-refractivity contribution < 1.29 is 13.2 Å². The highest BCUT2D eigenvalue weighted by Gasteiger charge is 2.60. The van der Waals surface area contributed by atoms with Crippen molar-refractivity contribution in [2.45, 2.75) is 39.0 Å². The van der Waals surface area contributed by atoms with Crippen LogP contribution in [0.4, 0.5) is 5.69 Å². The number of aryl methyl sites for hydroxylation is 1. The summed E-state index contributed by atoms with van der Waals surface area (Å²) < 4.78 is 23.5. The molecule has 0 aromatic carbocycles. The molecule has 0 bridgehead atoms. The molecule has 0 aliphatic carbocycles. The molecule has 0 saturated carbocycles. The first-order valence-corrected chi connectivity index (χ1v) is 7.32. The van der Waals surface area contributed by atoms with Crippen LogP contribution < -0.4 is 5.73 Å². The number of hydrogen-bond acceptors (Lipinski definition) is 5. The second-order valence-electron chi connectivity index (χ2n) is 5.25. The second kappa shape index (κ2) is 3.93. The summed E-state index contributed by atoms with van der Waals surface area (Å²) in [6.07, 6.45) is 1.58. The lowest BCUT2D eigenvalue weighted by Gasteiger charge is -2.43. The van der Waals surface area contributed by atoms with Gasteiger partial charge in [-0.2, -0.15) is 0 Å². The van der Waals surface area contributed by atoms with Crippen molar-refractivity contribution >= 4 is 21.6 Å². The van der Waals surface area contributed by atoms with E-state index in [2.05, 4.69) is 4.98 Å². The maximum Gasteiger partial charge on any atom is 0.259 e. The van der Waals surface area contributed by atoms with Gasteiger partial charge in [0.25, 0.3) is 15.9 Å². The van der Waals surface area contributed by atoms with Crippen molar-refractivity contribution in [2.24, 2.45) is 0 Å². The lowest BCUT2D eigenvalue weighted by atomic mass is 10.1. The van der Waals surface area contributed by atoms with Crippen LogP contribution in [0.1, 0.15) is 30.7 Å². The predicted octanol–water partition coefficient (Wildman–Crippen LogP) is 0.731. The summed E-state index contributed by atoms with van der Waals surface area (Å²) in [5, 5.41) is 0. The molecule has 2 rings (SSSR count). The normalized spacial score (nSPS) is 20.2. The molecule has 7 heteroatoms. The van der Waals surface area contributed by atoms with E-state index in [-0.39, 0.29) is 6.54 Å². The third-order valence-electron chi connectivity index (χ3n) is 3.65. The van der Waals surface area contributed by atoms with Crippen LogP contribution in [0.2, 0.25) is 0 Å². The van der Waals surface area contributed by atoms with Gasteiger partial charge >= 0.3 is 0 Å². The number of carbonyl (C=O) groups is 1. The van der Waals surface area contributed by atoms with Gasteiger partial charge in [-0.1, -0.05) is 0 Å². The number of hydrogen-bond donors (Lipinski definition) is 1. The summed E-state index contributed by atoms with van der Waals surface area (Å²) in [5.41, 5.74) is 8.52. The molecule has 0 radical (unpaired) electrons. The predicted molar refractivity (Wildman–Crippen MR) is 71.7 cm³/mol. The van der Waals surface area contributed by atoms with Gasteiger partial charge in [0, 0.05) is 11.9 Å². The van der Waals surface area contributed by atoms with Gasteiger partial charge in [0.2, 0.25) is 0 Å². The van der Waals surface area contributed by atoms with Crippen LogP contribution in [-0.4, -0.2) is 28.4 Å². The fourth-order valence-electron chi connectivity index (χ4n) is 2.00. The van der Waals surface area contributed by atoms with Gasteiger partial charge < -0.3 is 5.73 Å². The SMILES string of the molecule is Cc1cnc(CN2C(=O)C(C)(C)S2(=O)=O)c(C)c1N. The van der Waals surface area contributed by atoms with E-state index in [1.165, 1.54) is 13.8 Å². The Balaban J connectivity index is 2.35. The highest BCUT2D eigenvalue weighted by molar-refractivity contribution is 7.94. The smallest absolute Gasteiger partial charge is 0.259 e. The van der Waals surface area contributed by atoms with Gasteiger partial charge in [0.1, 0.15) is 0 Å². The van der Waals surface area contributed by atoms with E-state index in [0.29, 0.717) is 16.9 Å². The summed E-state index contributed by atoms with van der Waals surface area (Å²) in [5.74, 6) is -0.409. The number of nitrogens with zero attached hydrogens (tertiary/aromatic N) is 2. The van der Waals surface area contributed by atoms with Gasteiger partial charge in [-0.25, -0.2) is 12.7 Å². The molecule has 1 aromatic heterocycles. The molecule has 1 amide bonds. The van der Waals surface area contributed by atoms with Gasteiger partial charge in [-0.05, 0) is 38.8 Å². The quantitative estimate of drug-likeness (QED) is 0.863. The second-order valence-corrected chi connectivity index (χ2v) is 7.67. The molecule has 1 aliphatic rings. The number of sulfonamides is 1. The van der Waals surface area contributed by atoms with Crippen LogP contribution in [0.15, 0.2) is 6.20 Å². The largest absolute Gasteiger partial charge is 0.398 e. The van der Waals surface area contributed by atoms with Crippen molar-refractivity contribution in [3.05, 3.63) is 23.0 Å². The number of amides is 1. The highest BCUT2D eigenvalue weighted by Crippen LogP contribution is 2.36. The lowest BCUT2D eigenvalue weighted by Crippen LogP contribution is -2.66. The third kappa shape index (κ3) is 1.72. The van der Waals surface area contributed by atoms with E-state index >= 15 is 0 Å². The Bertz CT molecular complexity index is 665. The Morgan fingerprint density at radius 3 is 2.47 bits per heavy atom. The van der Waals surface area contributed by atoms with E-state index in [4.69, 9.17) is 5.73 Å². The van der Waals surface area contributed by atoms with E-state index in [9.17, 15) is 13.2 Å². The first-order valence-electron chi connectivity index (χ1n) is 5.88. The van der Waals surface area contributed by atoms with E-state index in [0.717, 1.165) is 9.87 Å². The zero-order valence-electron chi connectivity index (χ0n) is 11.4. The first-order chi connectivity index (χ1) is 8.60. The Morgan fingerprint density at radius 2 is 1.95 bits per heavy atom. The Morgan fingerprint density at radius 1 is 1.37 bits per heavy atom. The first kappa shape index (κ1) is 13.8. The summed E-state index contributed by atoms with van der Waals surface area (Å²) >= 11 is 0. The zero-order chi connectivity index (χ0) is 14.6. The lowest BCUT2D eigenvalue weighted by molar-refractivity contribution is -0.132. The molecule has 2 heterocycles. The summed E-state index contributed by atoms with van der Waals surface area (Å²) in [7, 11) is -3.58. The molecule has 6 nitrogen and oxygen atoms in total. The summed E-state index contributed by atoms with van der Waals surface area (Å²) in [6, 6.07) is 0. The van der Waals surface area contributed by atoms with Crippen molar-refractivity contribution in [3.63, 3.8) is 0 Å². The number of aromatic nitrogens is 1. The van der Waals surface area contributed by atoms with Crippen LogP contribution in [0, 0.1) is 13.8 Å². The Kier molecular flexibility index (Phi) is 2.85. The fourth-order valence-corrected chi connectivity index (χ4v) is 3.49. The summed E-state index contributed by atoms with van der Waals surface area (Å²) in [6.45, 7) is 6.36. The Labute approximate surface area is 112 Å². The molecule has 0 atom stereocenters. The minimum atomic E-state index is -3.58. The van der Waals surface area contributed by atoms with Gasteiger partial charge in [-0.3, -0.25) is 9.78 Å². The van der Waals surface area contributed by atoms with Crippen LogP contribution in [0.25, 0.3) is 0 Å². The highest BCUT2D eigenvalue weighted by atomic mass is 32.2. The standard InChI is InChI=1S/C12H17N3O3S/c1-7-5-14-9(8(2)10(7)13)6-15-11(16)12(3,4)19(15,17)18/h5H,6H2,1-4H3,(H2,13,14). The third-order valence-corrected chi connectivity index (χ3v) is 5.99. The van der Waals surface area contributed by atoms with E-state index in [1.807, 2.05) is 6.92 Å². The molecular formula is C12H17N3O3S. The monoisotopic (exact) mass is 283 g/mol. The van der Waals surface area contributed by atoms with Crippen LogP contribution in [-0.2, 0) is 21.4 Å². The molecule has 1 fully saturated rings. The Hall–Kier alpha value is -1.63. The van der Waals surface area contributed by atoms with E-state index < -0.39 is 20.7 Å². The fraction of sp³-hybridized carbons (Fsp3) is 0.500. The molecule has 0 spiro atoms. The molecule has 1 aliphatic heterocycles. The van der Waals surface area contributed by atoms with Crippen LogP contribution in [0.3, 0.4) is 0 Å². The molecular weight excluding hydrogens is 266 g/mol. The molecule has 0 unspecified atom stereocenters. The molecule has 1 saturated heterocycles. The van der Waals surface area contributed by atoms with Gasteiger partial charge in [0.15, 0.2) is 4.75 Å². The molecule has 19 heavy (non-hydrogen) atoms. The number of rotatable bonds is 2. The number of carbonyl (C=O) groups excluding carboxylic acids is 1. The maximum absolute atomic E-state index is 12.0. The van der Waals surface area contributed by atoms with Crippen LogP contribution >= 0.6 is 0 Å². The van der Waals surface area contributed by atoms with E-state index in [1.54, 1.807) is 13.1 Å². The molecule has 1 aromatic rings.